The molecular weight excluding hydrogens is 145 g/mol. The number of nitrogens with zero attached hydrogens (tertiary/aromatic N) is 1. The number of rotatable bonds is 4. The van der Waals surface area contributed by atoms with E-state index < -0.39 is 5.83 Å². The maximum Gasteiger partial charge on any atom is 0.180 e. The maximum atomic E-state index is 11.9. The Hall–Kier alpha value is -1.25. The molecule has 0 fully saturated rings. The van der Waals surface area contributed by atoms with Crippen molar-refractivity contribution in [2.24, 2.45) is 4.99 Å². The molecule has 0 amide bonds. The summed E-state index contributed by atoms with van der Waals surface area (Å²) in [6.45, 7) is 7.97. The smallest absolute Gasteiger partial charge is 0.180 e. The standard InChI is InChI=1S/C8H10FNO/c1-4-8(11)7(3)10-5-6(2)9/h5H,2-4H2,1H3. The second-order valence-corrected chi connectivity index (χ2v) is 1.93. The second kappa shape index (κ2) is 4.55. The topological polar surface area (TPSA) is 29.4 Å². The van der Waals surface area contributed by atoms with Crippen LogP contribution in [0.15, 0.2) is 29.7 Å². The van der Waals surface area contributed by atoms with Gasteiger partial charge in [-0.2, -0.15) is 0 Å². The van der Waals surface area contributed by atoms with Gasteiger partial charge in [-0.3, -0.25) is 9.79 Å². The largest absolute Gasteiger partial charge is 0.292 e. The van der Waals surface area contributed by atoms with E-state index in [1.54, 1.807) is 6.92 Å². The van der Waals surface area contributed by atoms with Gasteiger partial charge in [0.15, 0.2) is 5.78 Å². The highest BCUT2D eigenvalue weighted by Crippen LogP contribution is 1.98. The first-order chi connectivity index (χ1) is 5.07. The summed E-state index contributed by atoms with van der Waals surface area (Å²) >= 11 is 0. The highest BCUT2D eigenvalue weighted by molar-refractivity contribution is 5.96. The number of ketones is 1. The minimum atomic E-state index is -0.685. The zero-order valence-electron chi connectivity index (χ0n) is 6.43. The lowest BCUT2D eigenvalue weighted by Gasteiger charge is -1.92. The number of carbonyl (C=O) groups is 1. The van der Waals surface area contributed by atoms with E-state index in [9.17, 15) is 9.18 Å². The number of halogens is 1. The van der Waals surface area contributed by atoms with Crippen molar-refractivity contribution in [1.29, 1.82) is 0 Å². The molecule has 0 aromatic heterocycles. The SMILES string of the molecule is C=C(F)C=NC(=C)C(=O)CC. The van der Waals surface area contributed by atoms with Gasteiger partial charge < -0.3 is 0 Å². The first-order valence-electron chi connectivity index (χ1n) is 3.18. The molecule has 60 valence electrons. The number of hydrogen-bond acceptors (Lipinski definition) is 2. The van der Waals surface area contributed by atoms with E-state index in [0.29, 0.717) is 6.42 Å². The molecular formula is C8H10FNO. The van der Waals surface area contributed by atoms with Crippen LogP contribution in [-0.2, 0) is 4.79 Å². The van der Waals surface area contributed by atoms with Crippen LogP contribution in [0.5, 0.6) is 0 Å². The lowest BCUT2D eigenvalue weighted by molar-refractivity contribution is -0.115. The fourth-order valence-corrected chi connectivity index (χ4v) is 0.424. The van der Waals surface area contributed by atoms with Crippen molar-refractivity contribution in [3.8, 4) is 0 Å². The molecule has 0 spiro atoms. The summed E-state index contributed by atoms with van der Waals surface area (Å²) in [6, 6.07) is 0. The Morgan fingerprint density at radius 1 is 1.64 bits per heavy atom. The normalized spacial score (nSPS) is 10.0. The summed E-state index contributed by atoms with van der Waals surface area (Å²) in [7, 11) is 0. The summed E-state index contributed by atoms with van der Waals surface area (Å²) < 4.78 is 11.9. The van der Waals surface area contributed by atoms with Crippen LogP contribution >= 0.6 is 0 Å². The van der Waals surface area contributed by atoms with Crippen molar-refractivity contribution >= 4 is 12.0 Å². The van der Waals surface area contributed by atoms with E-state index in [4.69, 9.17) is 0 Å². The minimum Gasteiger partial charge on any atom is -0.292 e. The molecule has 0 saturated heterocycles. The van der Waals surface area contributed by atoms with Gasteiger partial charge in [0.05, 0.1) is 11.9 Å². The molecule has 0 aliphatic rings. The summed E-state index contributed by atoms with van der Waals surface area (Å²) in [4.78, 5) is 14.2. The Kier molecular flexibility index (Phi) is 4.03. The highest BCUT2D eigenvalue weighted by atomic mass is 19.1. The average Bonchev–Trinajstić information content (AvgIpc) is 1.98. The van der Waals surface area contributed by atoms with E-state index in [1.165, 1.54) is 0 Å². The molecule has 0 bridgehead atoms. The van der Waals surface area contributed by atoms with Gasteiger partial charge >= 0.3 is 0 Å². The number of allylic oxidation sites excluding steroid dienone is 2. The Morgan fingerprint density at radius 2 is 2.18 bits per heavy atom. The summed E-state index contributed by atoms with van der Waals surface area (Å²) in [5, 5.41) is 0. The average molecular weight is 155 g/mol. The van der Waals surface area contributed by atoms with Crippen molar-refractivity contribution in [2.45, 2.75) is 13.3 Å². The molecule has 0 aliphatic heterocycles. The van der Waals surface area contributed by atoms with Crippen molar-refractivity contribution < 1.29 is 9.18 Å². The third-order valence-electron chi connectivity index (χ3n) is 1.00. The predicted octanol–water partition coefficient (Wildman–Crippen LogP) is 2.03. The number of carbonyl (C=O) groups excluding carboxylic acids is 1. The molecule has 0 rings (SSSR count). The van der Waals surface area contributed by atoms with Crippen LogP contribution in [0, 0.1) is 0 Å². The van der Waals surface area contributed by atoms with Crippen LogP contribution < -0.4 is 0 Å². The number of Topliss-reactive ketones (excluding diaryl/α,β-unsaturated/α-hetero) is 1. The summed E-state index contributed by atoms with van der Waals surface area (Å²) in [5.74, 6) is -0.877. The van der Waals surface area contributed by atoms with Gasteiger partial charge in [0.25, 0.3) is 0 Å². The Bertz CT molecular complexity index is 218. The molecule has 11 heavy (non-hydrogen) atoms. The van der Waals surface area contributed by atoms with Crippen LogP contribution in [0.4, 0.5) is 4.39 Å². The van der Waals surface area contributed by atoms with Gasteiger partial charge in [0.1, 0.15) is 5.83 Å². The van der Waals surface area contributed by atoms with E-state index in [0.717, 1.165) is 6.21 Å². The van der Waals surface area contributed by atoms with Crippen LogP contribution in [0.25, 0.3) is 0 Å². The summed E-state index contributed by atoms with van der Waals surface area (Å²) in [6.07, 6.45) is 1.20. The number of aliphatic imine (C=N–C) groups is 1. The van der Waals surface area contributed by atoms with Gasteiger partial charge in [0, 0.05) is 6.42 Å². The fraction of sp³-hybridized carbons (Fsp3) is 0.250. The highest BCUT2D eigenvalue weighted by Gasteiger charge is 2.00. The lowest BCUT2D eigenvalue weighted by Crippen LogP contribution is -1.96. The first-order valence-corrected chi connectivity index (χ1v) is 3.18. The third-order valence-corrected chi connectivity index (χ3v) is 1.00. The van der Waals surface area contributed by atoms with Crippen LogP contribution in [0.1, 0.15) is 13.3 Å². The van der Waals surface area contributed by atoms with Crippen molar-refractivity contribution in [1.82, 2.24) is 0 Å². The third kappa shape index (κ3) is 4.19. The second-order valence-electron chi connectivity index (χ2n) is 1.93. The molecule has 0 unspecified atom stereocenters. The molecule has 0 aliphatic carbocycles. The van der Waals surface area contributed by atoms with Crippen LogP contribution in [-0.4, -0.2) is 12.0 Å². The van der Waals surface area contributed by atoms with Gasteiger partial charge in [-0.15, -0.1) is 0 Å². The zero-order valence-corrected chi connectivity index (χ0v) is 6.43. The predicted molar refractivity (Wildman–Crippen MR) is 43.2 cm³/mol. The van der Waals surface area contributed by atoms with E-state index in [2.05, 4.69) is 18.2 Å². The number of hydrogen-bond donors (Lipinski definition) is 0. The van der Waals surface area contributed by atoms with Crippen molar-refractivity contribution in [2.75, 3.05) is 0 Å². The Labute approximate surface area is 65.1 Å². The van der Waals surface area contributed by atoms with Gasteiger partial charge in [0.2, 0.25) is 0 Å². The van der Waals surface area contributed by atoms with E-state index >= 15 is 0 Å². The minimum absolute atomic E-state index is 0.0614. The van der Waals surface area contributed by atoms with E-state index in [-0.39, 0.29) is 11.5 Å². The van der Waals surface area contributed by atoms with E-state index in [1.807, 2.05) is 0 Å². The van der Waals surface area contributed by atoms with Crippen LogP contribution in [0.3, 0.4) is 0 Å². The molecule has 3 heteroatoms. The molecule has 0 N–H and O–H groups in total. The molecule has 0 radical (unpaired) electrons. The monoisotopic (exact) mass is 155 g/mol. The molecule has 0 atom stereocenters. The Balaban J connectivity index is 4.08. The fourth-order valence-electron chi connectivity index (χ4n) is 0.424. The molecule has 0 aromatic rings. The zero-order chi connectivity index (χ0) is 8.85. The Morgan fingerprint density at radius 3 is 2.55 bits per heavy atom. The quantitative estimate of drug-likeness (QED) is 0.451. The van der Waals surface area contributed by atoms with Gasteiger partial charge in [-0.25, -0.2) is 4.39 Å². The summed E-state index contributed by atoms with van der Waals surface area (Å²) in [5.41, 5.74) is 0.0614. The van der Waals surface area contributed by atoms with Gasteiger partial charge in [-0.1, -0.05) is 20.1 Å². The molecule has 0 saturated carbocycles. The molecule has 0 heterocycles. The van der Waals surface area contributed by atoms with Crippen molar-refractivity contribution in [3.63, 3.8) is 0 Å². The molecule has 0 aromatic carbocycles. The maximum absolute atomic E-state index is 11.9. The van der Waals surface area contributed by atoms with Crippen molar-refractivity contribution in [3.05, 3.63) is 24.7 Å². The van der Waals surface area contributed by atoms with Crippen LogP contribution in [0.2, 0.25) is 0 Å². The van der Waals surface area contributed by atoms with Gasteiger partial charge in [-0.05, 0) is 0 Å². The lowest BCUT2D eigenvalue weighted by atomic mass is 10.2. The first kappa shape index (κ1) is 9.75. The molecule has 2 nitrogen and oxygen atoms in total.